The first-order chi connectivity index (χ1) is 17.0. The molecule has 3 rings (SSSR count). The van der Waals surface area contributed by atoms with E-state index >= 15 is 0 Å². The van der Waals surface area contributed by atoms with Crippen molar-refractivity contribution in [1.29, 1.82) is 0 Å². The van der Waals surface area contributed by atoms with Crippen LogP contribution in [0.5, 0.6) is 0 Å². The van der Waals surface area contributed by atoms with Crippen molar-refractivity contribution in [3.8, 4) is 0 Å². The van der Waals surface area contributed by atoms with E-state index in [1.54, 1.807) is 18.2 Å². The third-order valence-electron chi connectivity index (χ3n) is 5.97. The predicted octanol–water partition coefficient (Wildman–Crippen LogP) is 3.60. The standard InChI is InChI=1S/C28H33N3O4.ClH/c1-2-3-6-14-31(26(33)19-32)28(35)25(30-27(34)24-11-7-8-21(16-24)18-29)17-20-12-13-22-9-4-5-10-23(22)15-20;/h4-5,7-13,15-16,25,32H,2-3,6,14,17-19,29H2,1H3,(H,30,34);1H/t25-;/m0./s1. The largest absolute Gasteiger partial charge is 0.387 e. The molecule has 192 valence electrons. The van der Waals surface area contributed by atoms with Gasteiger partial charge in [0.2, 0.25) is 0 Å². The van der Waals surface area contributed by atoms with Crippen LogP contribution >= 0.6 is 12.4 Å². The number of carbonyl (C=O) groups is 3. The maximum Gasteiger partial charge on any atom is 0.254 e. The Kier molecular flexibility index (Phi) is 11.5. The number of nitrogens with one attached hydrogen (secondary N) is 1. The van der Waals surface area contributed by atoms with Gasteiger partial charge in [-0.25, -0.2) is 0 Å². The highest BCUT2D eigenvalue weighted by Gasteiger charge is 2.30. The van der Waals surface area contributed by atoms with Crippen LogP contribution in [0.2, 0.25) is 0 Å². The van der Waals surface area contributed by atoms with Crippen molar-refractivity contribution in [2.24, 2.45) is 5.73 Å². The first kappa shape index (κ1) is 29.0. The van der Waals surface area contributed by atoms with E-state index in [1.807, 2.05) is 55.5 Å². The number of hydrogen-bond donors (Lipinski definition) is 3. The van der Waals surface area contributed by atoms with E-state index in [0.29, 0.717) is 12.0 Å². The lowest BCUT2D eigenvalue weighted by atomic mass is 10.00. The number of nitrogens with two attached hydrogens (primary N) is 1. The van der Waals surface area contributed by atoms with Crippen LogP contribution in [0.1, 0.15) is 47.7 Å². The number of benzene rings is 3. The van der Waals surface area contributed by atoms with Crippen LogP contribution in [0.25, 0.3) is 10.8 Å². The fourth-order valence-corrected chi connectivity index (χ4v) is 4.03. The smallest absolute Gasteiger partial charge is 0.254 e. The van der Waals surface area contributed by atoms with Crippen LogP contribution in [-0.2, 0) is 22.6 Å². The highest BCUT2D eigenvalue weighted by Crippen LogP contribution is 2.18. The van der Waals surface area contributed by atoms with Gasteiger partial charge in [0.05, 0.1) is 0 Å². The molecule has 0 fully saturated rings. The Bertz CT molecular complexity index is 1180. The molecule has 0 heterocycles. The topological polar surface area (TPSA) is 113 Å². The molecule has 7 nitrogen and oxygen atoms in total. The summed E-state index contributed by atoms with van der Waals surface area (Å²) < 4.78 is 0. The summed E-state index contributed by atoms with van der Waals surface area (Å²) in [6.07, 6.45) is 2.60. The van der Waals surface area contributed by atoms with Gasteiger partial charge < -0.3 is 16.2 Å². The number of rotatable bonds is 11. The van der Waals surface area contributed by atoms with Crippen molar-refractivity contribution in [3.63, 3.8) is 0 Å². The van der Waals surface area contributed by atoms with Gasteiger partial charge >= 0.3 is 0 Å². The highest BCUT2D eigenvalue weighted by molar-refractivity contribution is 6.02. The molecule has 8 heteroatoms. The predicted molar refractivity (Wildman–Crippen MR) is 144 cm³/mol. The van der Waals surface area contributed by atoms with Crippen molar-refractivity contribution in [2.75, 3.05) is 13.2 Å². The first-order valence-electron chi connectivity index (χ1n) is 12.0. The summed E-state index contributed by atoms with van der Waals surface area (Å²) in [5, 5.41) is 14.4. The number of aliphatic hydroxyl groups is 1. The summed E-state index contributed by atoms with van der Waals surface area (Å²) in [7, 11) is 0. The van der Waals surface area contributed by atoms with Gasteiger partial charge in [0.1, 0.15) is 12.6 Å². The Hall–Kier alpha value is -3.26. The average molecular weight is 512 g/mol. The maximum absolute atomic E-state index is 13.6. The van der Waals surface area contributed by atoms with Crippen molar-refractivity contribution >= 4 is 40.9 Å². The SMILES string of the molecule is CCCCCN(C(=O)CO)C(=O)[C@H](Cc1ccc2ccccc2c1)NC(=O)c1cccc(CN)c1.Cl. The molecule has 4 N–H and O–H groups in total. The number of hydrogen-bond acceptors (Lipinski definition) is 5. The number of nitrogens with zero attached hydrogens (tertiary/aromatic N) is 1. The minimum absolute atomic E-state index is 0. The summed E-state index contributed by atoms with van der Waals surface area (Å²) in [4.78, 5) is 40.2. The molecule has 1 atom stereocenters. The molecule has 0 aliphatic rings. The fraction of sp³-hybridized carbons (Fsp3) is 0.321. The van der Waals surface area contributed by atoms with Gasteiger partial charge in [-0.3, -0.25) is 19.3 Å². The van der Waals surface area contributed by atoms with E-state index in [1.165, 1.54) is 0 Å². The Balaban J connectivity index is 0.00000456. The molecule has 0 aromatic heterocycles. The molecule has 0 saturated heterocycles. The first-order valence-corrected chi connectivity index (χ1v) is 12.0. The summed E-state index contributed by atoms with van der Waals surface area (Å²) in [5.41, 5.74) is 7.74. The van der Waals surface area contributed by atoms with Crippen LogP contribution in [0.15, 0.2) is 66.7 Å². The van der Waals surface area contributed by atoms with Gasteiger partial charge in [0.25, 0.3) is 17.7 Å². The van der Waals surface area contributed by atoms with E-state index in [-0.39, 0.29) is 31.9 Å². The number of amides is 3. The quantitative estimate of drug-likeness (QED) is 0.340. The van der Waals surface area contributed by atoms with Crippen LogP contribution < -0.4 is 11.1 Å². The lowest BCUT2D eigenvalue weighted by molar-refractivity contribution is -0.148. The van der Waals surface area contributed by atoms with Gasteiger partial charge in [0, 0.05) is 25.1 Å². The minimum atomic E-state index is -0.984. The molecular formula is C28H34ClN3O4. The Morgan fingerprint density at radius 1 is 0.944 bits per heavy atom. The van der Waals surface area contributed by atoms with E-state index in [0.717, 1.165) is 39.6 Å². The Morgan fingerprint density at radius 2 is 1.69 bits per heavy atom. The number of halogens is 1. The molecule has 36 heavy (non-hydrogen) atoms. The summed E-state index contributed by atoms with van der Waals surface area (Å²) in [6.45, 7) is 1.74. The van der Waals surface area contributed by atoms with Crippen molar-refractivity contribution in [3.05, 3.63) is 83.4 Å². The van der Waals surface area contributed by atoms with Crippen LogP contribution in [0, 0.1) is 0 Å². The van der Waals surface area contributed by atoms with Gasteiger partial charge in [0.15, 0.2) is 0 Å². The number of unbranched alkanes of at least 4 members (excludes halogenated alkanes) is 2. The molecule has 0 aliphatic heterocycles. The highest BCUT2D eigenvalue weighted by atomic mass is 35.5. The number of imide groups is 1. The Morgan fingerprint density at radius 3 is 2.39 bits per heavy atom. The molecule has 0 radical (unpaired) electrons. The van der Waals surface area contributed by atoms with Crippen molar-refractivity contribution in [1.82, 2.24) is 10.2 Å². The minimum Gasteiger partial charge on any atom is -0.387 e. The summed E-state index contributed by atoms with van der Waals surface area (Å²) in [5.74, 6) is -1.63. The lowest BCUT2D eigenvalue weighted by Gasteiger charge is -2.26. The van der Waals surface area contributed by atoms with Crippen LogP contribution in [0.4, 0.5) is 0 Å². The molecule has 0 spiro atoms. The van der Waals surface area contributed by atoms with Crippen LogP contribution in [0.3, 0.4) is 0 Å². The second-order valence-electron chi connectivity index (χ2n) is 8.57. The van der Waals surface area contributed by atoms with E-state index < -0.39 is 30.4 Å². The monoisotopic (exact) mass is 511 g/mol. The molecule has 3 aromatic rings. The zero-order valence-electron chi connectivity index (χ0n) is 20.5. The number of fused-ring (bicyclic) bond motifs is 1. The second kappa shape index (κ2) is 14.3. The van der Waals surface area contributed by atoms with E-state index in [2.05, 4.69) is 5.32 Å². The second-order valence-corrected chi connectivity index (χ2v) is 8.57. The molecule has 0 aliphatic carbocycles. The molecule has 3 amide bonds. The zero-order chi connectivity index (χ0) is 25.2. The lowest BCUT2D eigenvalue weighted by Crippen LogP contribution is -2.52. The Labute approximate surface area is 218 Å². The summed E-state index contributed by atoms with van der Waals surface area (Å²) >= 11 is 0. The van der Waals surface area contributed by atoms with Gasteiger partial charge in [-0.2, -0.15) is 0 Å². The molecule has 0 unspecified atom stereocenters. The average Bonchev–Trinajstić information content (AvgIpc) is 2.90. The molecular weight excluding hydrogens is 478 g/mol. The van der Waals surface area contributed by atoms with Crippen molar-refractivity contribution < 1.29 is 19.5 Å². The molecule has 3 aromatic carbocycles. The number of aliphatic hydroxyl groups excluding tert-OH is 1. The van der Waals surface area contributed by atoms with E-state index in [9.17, 15) is 19.5 Å². The third kappa shape index (κ3) is 7.62. The molecule has 0 saturated carbocycles. The number of carbonyl (C=O) groups excluding carboxylic acids is 3. The van der Waals surface area contributed by atoms with Gasteiger partial charge in [-0.05, 0) is 40.5 Å². The van der Waals surface area contributed by atoms with Gasteiger partial charge in [-0.1, -0.05) is 74.4 Å². The normalized spacial score (nSPS) is 11.4. The zero-order valence-corrected chi connectivity index (χ0v) is 21.3. The maximum atomic E-state index is 13.6. The van der Waals surface area contributed by atoms with Gasteiger partial charge in [-0.15, -0.1) is 12.4 Å². The molecule has 0 bridgehead atoms. The van der Waals surface area contributed by atoms with Crippen LogP contribution in [-0.4, -0.2) is 46.9 Å². The van der Waals surface area contributed by atoms with E-state index in [4.69, 9.17) is 5.73 Å². The van der Waals surface area contributed by atoms with Crippen molar-refractivity contribution in [2.45, 2.75) is 45.2 Å². The summed E-state index contributed by atoms with van der Waals surface area (Å²) in [6, 6.07) is 19.7. The third-order valence-corrected chi connectivity index (χ3v) is 5.97. The fourth-order valence-electron chi connectivity index (χ4n) is 4.03.